The number of carboxylic acid groups (broad SMARTS) is 1. The van der Waals surface area contributed by atoms with Gasteiger partial charge in [0.15, 0.2) is 0 Å². The van der Waals surface area contributed by atoms with Crippen molar-refractivity contribution in [1.82, 2.24) is 5.32 Å². The summed E-state index contributed by atoms with van der Waals surface area (Å²) in [4.78, 5) is 22.1. The summed E-state index contributed by atoms with van der Waals surface area (Å²) in [5, 5.41) is 12.3. The largest absolute Gasteiger partial charge is 0.496 e. The number of aliphatic carboxylic acids is 1. The maximum atomic E-state index is 11.1. The van der Waals surface area contributed by atoms with Crippen LogP contribution in [0.3, 0.4) is 0 Å². The van der Waals surface area contributed by atoms with Gasteiger partial charge in [-0.15, -0.1) is 0 Å². The second kappa shape index (κ2) is 9.50. The van der Waals surface area contributed by atoms with Crippen LogP contribution in [-0.2, 0) is 22.6 Å². The van der Waals surface area contributed by atoms with Crippen LogP contribution < -0.4 is 10.1 Å². The molecule has 2 aromatic rings. The fourth-order valence-electron chi connectivity index (χ4n) is 2.71. The number of Topliss-reactive ketones (excluding diaryl/α,β-unsaturated/α-hetero) is 1. The van der Waals surface area contributed by atoms with Crippen molar-refractivity contribution in [2.24, 2.45) is 0 Å². The van der Waals surface area contributed by atoms with Gasteiger partial charge >= 0.3 is 5.97 Å². The third-order valence-electron chi connectivity index (χ3n) is 3.95. The van der Waals surface area contributed by atoms with E-state index in [1.807, 2.05) is 24.3 Å². The Morgan fingerprint density at radius 3 is 2.58 bits per heavy atom. The molecular weight excluding hydrogens is 398 g/mol. The second-order valence-electron chi connectivity index (χ2n) is 6.04. The Labute approximate surface area is 161 Å². The Kier molecular flexibility index (Phi) is 7.36. The van der Waals surface area contributed by atoms with E-state index in [1.54, 1.807) is 26.2 Å². The van der Waals surface area contributed by atoms with Crippen LogP contribution >= 0.6 is 15.9 Å². The molecule has 0 aliphatic heterocycles. The first-order valence-electron chi connectivity index (χ1n) is 8.28. The minimum atomic E-state index is -0.872. The summed E-state index contributed by atoms with van der Waals surface area (Å²) in [5.74, 6) is -0.0375. The predicted molar refractivity (Wildman–Crippen MR) is 104 cm³/mol. The van der Waals surface area contributed by atoms with E-state index in [0.29, 0.717) is 30.8 Å². The molecule has 0 fully saturated rings. The molecule has 2 aromatic carbocycles. The number of benzene rings is 2. The molecule has 2 rings (SSSR count). The Balaban J connectivity index is 2.37. The van der Waals surface area contributed by atoms with Crippen LogP contribution in [-0.4, -0.2) is 30.5 Å². The molecule has 5 nitrogen and oxygen atoms in total. The van der Waals surface area contributed by atoms with E-state index in [9.17, 15) is 9.59 Å². The lowest BCUT2D eigenvalue weighted by Crippen LogP contribution is -2.17. The van der Waals surface area contributed by atoms with Crippen molar-refractivity contribution in [3.05, 3.63) is 52.0 Å². The molecule has 0 aliphatic carbocycles. The van der Waals surface area contributed by atoms with Crippen molar-refractivity contribution >= 4 is 27.7 Å². The van der Waals surface area contributed by atoms with E-state index in [0.717, 1.165) is 21.2 Å². The van der Waals surface area contributed by atoms with Crippen LogP contribution in [0.1, 0.15) is 24.5 Å². The van der Waals surface area contributed by atoms with Gasteiger partial charge < -0.3 is 15.2 Å². The van der Waals surface area contributed by atoms with Crippen LogP contribution in [0.15, 0.2) is 40.9 Å². The van der Waals surface area contributed by atoms with Crippen LogP contribution in [0.4, 0.5) is 0 Å². The first kappa shape index (κ1) is 20.1. The van der Waals surface area contributed by atoms with Gasteiger partial charge in [0.1, 0.15) is 11.5 Å². The number of halogens is 1. The normalized spacial score (nSPS) is 10.6. The molecule has 0 saturated heterocycles. The lowest BCUT2D eigenvalue weighted by atomic mass is 9.96. The Morgan fingerprint density at radius 2 is 1.92 bits per heavy atom. The monoisotopic (exact) mass is 419 g/mol. The van der Waals surface area contributed by atoms with Gasteiger partial charge in [-0.05, 0) is 47.9 Å². The van der Waals surface area contributed by atoms with Gasteiger partial charge in [0, 0.05) is 29.5 Å². The maximum Gasteiger partial charge on any atom is 0.307 e. The van der Waals surface area contributed by atoms with Crippen molar-refractivity contribution in [1.29, 1.82) is 0 Å². The summed E-state index contributed by atoms with van der Waals surface area (Å²) in [7, 11) is 1.60. The molecule has 0 atom stereocenters. The van der Waals surface area contributed by atoms with Crippen molar-refractivity contribution in [3.63, 3.8) is 0 Å². The third-order valence-corrected chi connectivity index (χ3v) is 4.44. The molecule has 26 heavy (non-hydrogen) atoms. The zero-order chi connectivity index (χ0) is 19.1. The molecule has 0 heterocycles. The first-order chi connectivity index (χ1) is 12.4. The van der Waals surface area contributed by atoms with Gasteiger partial charge in [-0.3, -0.25) is 9.59 Å². The van der Waals surface area contributed by atoms with E-state index in [4.69, 9.17) is 9.84 Å². The van der Waals surface area contributed by atoms with Crippen molar-refractivity contribution in [2.75, 3.05) is 13.7 Å². The average molecular weight is 420 g/mol. The molecule has 0 aliphatic rings. The van der Waals surface area contributed by atoms with Crippen molar-refractivity contribution < 1.29 is 19.4 Å². The fraction of sp³-hybridized carbons (Fsp3) is 0.300. The lowest BCUT2D eigenvalue weighted by Gasteiger charge is -2.15. The van der Waals surface area contributed by atoms with Gasteiger partial charge in [-0.2, -0.15) is 0 Å². The number of nitrogens with one attached hydrogen (secondary N) is 1. The molecule has 0 aromatic heterocycles. The molecule has 0 bridgehead atoms. The van der Waals surface area contributed by atoms with Crippen molar-refractivity contribution in [3.8, 4) is 16.9 Å². The van der Waals surface area contributed by atoms with Gasteiger partial charge in [0.2, 0.25) is 0 Å². The van der Waals surface area contributed by atoms with Gasteiger partial charge in [-0.25, -0.2) is 0 Å². The Hall–Kier alpha value is -2.18. The zero-order valence-corrected chi connectivity index (χ0v) is 16.4. The number of ketones is 1. The van der Waals surface area contributed by atoms with Crippen LogP contribution in [0.2, 0.25) is 0 Å². The maximum absolute atomic E-state index is 11.1. The zero-order valence-electron chi connectivity index (χ0n) is 14.8. The molecule has 0 amide bonds. The summed E-state index contributed by atoms with van der Waals surface area (Å²) < 4.78 is 6.43. The number of methoxy groups -OCH3 is 1. The number of hydrogen-bond acceptors (Lipinski definition) is 4. The summed E-state index contributed by atoms with van der Waals surface area (Å²) in [5.41, 5.74) is 3.56. The minimum Gasteiger partial charge on any atom is -0.496 e. The number of rotatable bonds is 9. The van der Waals surface area contributed by atoms with Crippen molar-refractivity contribution in [2.45, 2.75) is 26.3 Å². The Morgan fingerprint density at radius 1 is 1.15 bits per heavy atom. The first-order valence-corrected chi connectivity index (χ1v) is 9.07. The van der Waals surface area contributed by atoms with Crippen LogP contribution in [0, 0.1) is 0 Å². The molecule has 2 N–H and O–H groups in total. The van der Waals surface area contributed by atoms with Crippen LogP contribution in [0.25, 0.3) is 11.1 Å². The van der Waals surface area contributed by atoms with E-state index in [1.165, 1.54) is 0 Å². The second-order valence-corrected chi connectivity index (χ2v) is 6.95. The predicted octanol–water partition coefficient (Wildman–Crippen LogP) is 3.82. The summed E-state index contributed by atoms with van der Waals surface area (Å²) in [6.45, 7) is 2.77. The van der Waals surface area contributed by atoms with Gasteiger partial charge in [0.05, 0.1) is 13.5 Å². The molecule has 138 valence electrons. The summed E-state index contributed by atoms with van der Waals surface area (Å²) in [6.07, 6.45) is 0.445. The highest BCUT2D eigenvalue weighted by molar-refractivity contribution is 9.10. The fourth-order valence-corrected chi connectivity index (χ4v) is 3.12. The number of carbonyl (C=O) groups excluding carboxylic acids is 1. The van der Waals surface area contributed by atoms with Gasteiger partial charge in [-0.1, -0.05) is 28.1 Å². The van der Waals surface area contributed by atoms with Gasteiger partial charge in [0.25, 0.3) is 0 Å². The summed E-state index contributed by atoms with van der Waals surface area (Å²) >= 11 is 3.49. The average Bonchev–Trinajstić information content (AvgIpc) is 2.58. The lowest BCUT2D eigenvalue weighted by molar-refractivity contribution is -0.136. The molecule has 0 saturated carbocycles. The summed E-state index contributed by atoms with van der Waals surface area (Å²) in [6, 6.07) is 11.4. The van der Waals surface area contributed by atoms with E-state index in [-0.39, 0.29) is 12.2 Å². The standard InChI is InChI=1S/C20H22BrNO4/c1-13(23)7-8-22-12-15-11-16(21)4-5-17(15)18-9-14(10-20(24)25)3-6-19(18)26-2/h3-6,9,11,22H,7-8,10,12H2,1-2H3,(H,24,25). The molecule has 0 unspecified atom stereocenters. The smallest absolute Gasteiger partial charge is 0.307 e. The number of hydrogen-bond donors (Lipinski definition) is 2. The number of ether oxygens (including phenoxy) is 1. The molecule has 0 radical (unpaired) electrons. The molecule has 0 spiro atoms. The molecular formula is C20H22BrNO4. The number of carboxylic acids is 1. The van der Waals surface area contributed by atoms with E-state index >= 15 is 0 Å². The minimum absolute atomic E-state index is 0.0419. The molecule has 6 heteroatoms. The van der Waals surface area contributed by atoms with E-state index in [2.05, 4.69) is 21.2 Å². The highest BCUT2D eigenvalue weighted by Gasteiger charge is 2.13. The third kappa shape index (κ3) is 5.68. The SMILES string of the molecule is COc1ccc(CC(=O)O)cc1-c1ccc(Br)cc1CNCCC(C)=O. The highest BCUT2D eigenvalue weighted by atomic mass is 79.9. The Bertz CT molecular complexity index is 804. The highest BCUT2D eigenvalue weighted by Crippen LogP contribution is 2.34. The number of carbonyl (C=O) groups is 2. The quantitative estimate of drug-likeness (QED) is 0.604. The van der Waals surface area contributed by atoms with E-state index < -0.39 is 5.97 Å². The topological polar surface area (TPSA) is 75.6 Å². The van der Waals surface area contributed by atoms with Crippen LogP contribution in [0.5, 0.6) is 5.75 Å².